The molecule has 1 aliphatic rings. The number of rotatable bonds is 10. The van der Waals surface area contributed by atoms with Crippen LogP contribution >= 0.6 is 0 Å². The first-order valence-electron chi connectivity index (χ1n) is 10.9. The third-order valence-corrected chi connectivity index (χ3v) is 4.95. The smallest absolute Gasteiger partial charge is 0.257 e. The van der Waals surface area contributed by atoms with Gasteiger partial charge in [-0.25, -0.2) is 4.99 Å². The Labute approximate surface area is 178 Å². The minimum Gasteiger partial charge on any atom is -0.357 e. The van der Waals surface area contributed by atoms with Crippen molar-refractivity contribution in [1.29, 1.82) is 0 Å². The van der Waals surface area contributed by atoms with Crippen molar-refractivity contribution >= 4 is 11.9 Å². The van der Waals surface area contributed by atoms with Gasteiger partial charge in [0.05, 0.1) is 6.54 Å². The van der Waals surface area contributed by atoms with Crippen molar-refractivity contribution in [1.82, 2.24) is 25.7 Å². The van der Waals surface area contributed by atoms with E-state index in [1.54, 1.807) is 0 Å². The summed E-state index contributed by atoms with van der Waals surface area (Å²) in [5.74, 6) is 2.34. The van der Waals surface area contributed by atoms with Gasteiger partial charge in [-0.05, 0) is 43.9 Å². The van der Waals surface area contributed by atoms with Crippen LogP contribution in [-0.4, -0.2) is 53.1 Å². The van der Waals surface area contributed by atoms with Crippen LogP contribution in [0.3, 0.4) is 0 Å². The van der Waals surface area contributed by atoms with Gasteiger partial charge in [-0.1, -0.05) is 24.2 Å². The molecule has 3 rings (SSSR count). The monoisotopic (exact) mass is 412 g/mol. The summed E-state index contributed by atoms with van der Waals surface area (Å²) < 4.78 is 5.39. The first-order chi connectivity index (χ1) is 14.7. The lowest BCUT2D eigenvalue weighted by Gasteiger charge is -2.16. The largest absolute Gasteiger partial charge is 0.357 e. The maximum Gasteiger partial charge on any atom is 0.257 e. The van der Waals surface area contributed by atoms with Gasteiger partial charge in [0.25, 0.3) is 5.89 Å². The normalized spacial score (nSPS) is 14.4. The Bertz CT molecular complexity index is 848. The van der Waals surface area contributed by atoms with Crippen molar-refractivity contribution in [2.75, 3.05) is 26.2 Å². The molecular formula is C22H32N6O2. The molecule has 1 aromatic carbocycles. The van der Waals surface area contributed by atoms with E-state index >= 15 is 0 Å². The van der Waals surface area contributed by atoms with E-state index in [-0.39, 0.29) is 5.91 Å². The van der Waals surface area contributed by atoms with E-state index in [1.165, 1.54) is 0 Å². The van der Waals surface area contributed by atoms with E-state index in [0.29, 0.717) is 18.9 Å². The minimum atomic E-state index is 0.276. The number of hydrogen-bond acceptors (Lipinski definition) is 5. The number of carbonyl (C=O) groups is 1. The molecule has 162 valence electrons. The average molecular weight is 413 g/mol. The summed E-state index contributed by atoms with van der Waals surface area (Å²) >= 11 is 0. The molecule has 0 atom stereocenters. The van der Waals surface area contributed by atoms with E-state index in [2.05, 4.69) is 32.7 Å². The topological polar surface area (TPSA) is 95.6 Å². The van der Waals surface area contributed by atoms with E-state index < -0.39 is 0 Å². The SMILES string of the molecule is CCCc1noc(-c2cccc(CN=C(NCC)NCCCN3CCCC3=O)c2)n1. The molecule has 0 bridgehead atoms. The molecule has 1 saturated heterocycles. The molecule has 2 N–H and O–H groups in total. The standard InChI is InChI=1S/C22H32N6O2/c1-3-8-19-26-21(30-27-19)18-10-5-9-17(15-18)16-25-22(23-4-2)24-12-7-14-28-13-6-11-20(28)29/h5,9-10,15H,3-4,6-8,11-14,16H2,1-2H3,(H2,23,24,25). The summed E-state index contributed by atoms with van der Waals surface area (Å²) in [6, 6.07) is 8.03. The molecule has 0 aliphatic carbocycles. The molecule has 2 aromatic rings. The van der Waals surface area contributed by atoms with Gasteiger partial charge >= 0.3 is 0 Å². The number of carbonyl (C=O) groups excluding carboxylic acids is 1. The highest BCUT2D eigenvalue weighted by Gasteiger charge is 2.18. The van der Waals surface area contributed by atoms with E-state index in [1.807, 2.05) is 36.1 Å². The number of benzene rings is 1. The zero-order chi connectivity index (χ0) is 21.2. The minimum absolute atomic E-state index is 0.276. The van der Waals surface area contributed by atoms with Crippen molar-refractivity contribution in [3.63, 3.8) is 0 Å². The number of aromatic nitrogens is 2. The summed E-state index contributed by atoms with van der Waals surface area (Å²) in [6.45, 7) is 7.95. The fourth-order valence-electron chi connectivity index (χ4n) is 3.43. The first kappa shape index (κ1) is 21.8. The summed E-state index contributed by atoms with van der Waals surface area (Å²) in [4.78, 5) is 22.8. The van der Waals surface area contributed by atoms with Crippen LogP contribution < -0.4 is 10.6 Å². The zero-order valence-corrected chi connectivity index (χ0v) is 18.0. The number of aryl methyl sites for hydroxylation is 1. The lowest BCUT2D eigenvalue weighted by atomic mass is 10.1. The van der Waals surface area contributed by atoms with Gasteiger partial charge in [0, 0.05) is 44.6 Å². The van der Waals surface area contributed by atoms with Crippen LogP contribution in [0.4, 0.5) is 0 Å². The highest BCUT2D eigenvalue weighted by atomic mass is 16.5. The Morgan fingerprint density at radius 2 is 2.20 bits per heavy atom. The first-order valence-corrected chi connectivity index (χ1v) is 10.9. The second kappa shape index (κ2) is 11.3. The number of aliphatic imine (C=N–C) groups is 1. The van der Waals surface area contributed by atoms with Crippen LogP contribution in [0, 0.1) is 0 Å². The van der Waals surface area contributed by atoms with Gasteiger partial charge in [0.1, 0.15) is 0 Å². The highest BCUT2D eigenvalue weighted by Crippen LogP contribution is 2.19. The molecule has 0 unspecified atom stereocenters. The van der Waals surface area contributed by atoms with Gasteiger partial charge in [-0.2, -0.15) is 4.98 Å². The fraction of sp³-hybridized carbons (Fsp3) is 0.545. The molecular weight excluding hydrogens is 380 g/mol. The Morgan fingerprint density at radius 3 is 2.97 bits per heavy atom. The molecule has 30 heavy (non-hydrogen) atoms. The van der Waals surface area contributed by atoms with Crippen molar-refractivity contribution in [2.45, 2.75) is 52.5 Å². The maximum absolute atomic E-state index is 11.7. The molecule has 1 fully saturated rings. The molecule has 1 aromatic heterocycles. The fourth-order valence-corrected chi connectivity index (χ4v) is 3.43. The lowest BCUT2D eigenvalue weighted by molar-refractivity contribution is -0.127. The summed E-state index contributed by atoms with van der Waals surface area (Å²) in [5.41, 5.74) is 1.98. The maximum atomic E-state index is 11.7. The number of nitrogens with zero attached hydrogens (tertiary/aromatic N) is 4. The van der Waals surface area contributed by atoms with Gasteiger partial charge in [-0.3, -0.25) is 4.79 Å². The van der Waals surface area contributed by atoms with Gasteiger partial charge in [0.2, 0.25) is 5.91 Å². The number of guanidine groups is 1. The molecule has 2 heterocycles. The Hall–Kier alpha value is -2.90. The summed E-state index contributed by atoms with van der Waals surface area (Å²) in [7, 11) is 0. The van der Waals surface area contributed by atoms with Crippen LogP contribution in [-0.2, 0) is 17.8 Å². The van der Waals surface area contributed by atoms with Crippen LogP contribution in [0.15, 0.2) is 33.8 Å². The molecule has 8 heteroatoms. The van der Waals surface area contributed by atoms with Crippen molar-refractivity contribution in [2.24, 2.45) is 4.99 Å². The van der Waals surface area contributed by atoms with Gasteiger partial charge in [0.15, 0.2) is 11.8 Å². The molecule has 8 nitrogen and oxygen atoms in total. The Morgan fingerprint density at radius 1 is 1.30 bits per heavy atom. The number of nitrogens with one attached hydrogen (secondary N) is 2. The van der Waals surface area contributed by atoms with Crippen LogP contribution in [0.2, 0.25) is 0 Å². The van der Waals surface area contributed by atoms with Crippen molar-refractivity contribution in [3.05, 3.63) is 35.7 Å². The Balaban J connectivity index is 1.53. The van der Waals surface area contributed by atoms with Crippen LogP contribution in [0.1, 0.15) is 50.9 Å². The second-order valence-corrected chi connectivity index (χ2v) is 7.43. The zero-order valence-electron chi connectivity index (χ0n) is 18.0. The third kappa shape index (κ3) is 6.30. The van der Waals surface area contributed by atoms with Crippen LogP contribution in [0.25, 0.3) is 11.5 Å². The van der Waals surface area contributed by atoms with Crippen molar-refractivity contribution in [3.8, 4) is 11.5 Å². The predicted octanol–water partition coefficient (Wildman–Crippen LogP) is 2.76. The predicted molar refractivity (Wildman–Crippen MR) is 117 cm³/mol. The van der Waals surface area contributed by atoms with Gasteiger partial charge in [-0.15, -0.1) is 0 Å². The quantitative estimate of drug-likeness (QED) is 0.354. The second-order valence-electron chi connectivity index (χ2n) is 7.43. The number of likely N-dealkylation sites (tertiary alicyclic amines) is 1. The summed E-state index contributed by atoms with van der Waals surface area (Å²) in [5, 5.41) is 10.7. The van der Waals surface area contributed by atoms with Crippen molar-refractivity contribution < 1.29 is 9.32 Å². The molecule has 0 radical (unpaired) electrons. The summed E-state index contributed by atoms with van der Waals surface area (Å²) in [6.07, 6.45) is 4.39. The van der Waals surface area contributed by atoms with E-state index in [4.69, 9.17) is 4.52 Å². The van der Waals surface area contributed by atoms with Gasteiger partial charge < -0.3 is 20.1 Å². The number of amides is 1. The average Bonchev–Trinajstić information content (AvgIpc) is 3.39. The van der Waals surface area contributed by atoms with E-state index in [9.17, 15) is 4.79 Å². The number of hydrogen-bond donors (Lipinski definition) is 2. The molecule has 0 saturated carbocycles. The molecule has 0 spiro atoms. The van der Waals surface area contributed by atoms with Crippen LogP contribution in [0.5, 0.6) is 0 Å². The Kier molecular flexibility index (Phi) is 8.23. The molecule has 1 amide bonds. The van der Waals surface area contributed by atoms with E-state index in [0.717, 1.165) is 74.8 Å². The highest BCUT2D eigenvalue weighted by molar-refractivity contribution is 5.80. The molecule has 1 aliphatic heterocycles. The third-order valence-electron chi connectivity index (χ3n) is 4.95. The lowest BCUT2D eigenvalue weighted by Crippen LogP contribution is -2.39.